The van der Waals surface area contributed by atoms with Gasteiger partial charge in [-0.15, -0.1) is 0 Å². The van der Waals surface area contributed by atoms with Gasteiger partial charge < -0.3 is 10.2 Å². The number of hydrogen-bond donors (Lipinski definition) is 1. The van der Waals surface area contributed by atoms with Crippen LogP contribution in [0.1, 0.15) is 29.8 Å². The van der Waals surface area contributed by atoms with Gasteiger partial charge in [-0.05, 0) is 43.2 Å². The van der Waals surface area contributed by atoms with Crippen molar-refractivity contribution in [3.63, 3.8) is 0 Å². The van der Waals surface area contributed by atoms with E-state index in [2.05, 4.69) is 10.3 Å². The van der Waals surface area contributed by atoms with Gasteiger partial charge in [0.1, 0.15) is 5.69 Å². The molecule has 2 heterocycles. The van der Waals surface area contributed by atoms with Crippen LogP contribution in [0.15, 0.2) is 60.7 Å². The first-order valence-corrected chi connectivity index (χ1v) is 8.78. The molecule has 0 spiro atoms. The molecule has 26 heavy (non-hydrogen) atoms. The van der Waals surface area contributed by atoms with Gasteiger partial charge in [0.25, 0.3) is 5.91 Å². The smallest absolute Gasteiger partial charge is 0.274 e. The normalized spacial score (nSPS) is 14.5. The van der Waals surface area contributed by atoms with Crippen LogP contribution in [-0.2, 0) is 4.79 Å². The minimum atomic E-state index is -0.266. The van der Waals surface area contributed by atoms with Crippen molar-refractivity contribution in [3.05, 3.63) is 66.4 Å². The Morgan fingerprint density at radius 3 is 2.77 bits per heavy atom. The number of carbonyl (C=O) groups is 2. The molecule has 5 heteroatoms. The zero-order valence-electron chi connectivity index (χ0n) is 14.3. The van der Waals surface area contributed by atoms with E-state index >= 15 is 0 Å². The van der Waals surface area contributed by atoms with Gasteiger partial charge in [0.2, 0.25) is 5.91 Å². The first kappa shape index (κ1) is 16.3. The predicted octanol–water partition coefficient (Wildman–Crippen LogP) is 4.00. The van der Waals surface area contributed by atoms with Gasteiger partial charge >= 0.3 is 0 Å². The van der Waals surface area contributed by atoms with Crippen molar-refractivity contribution in [2.24, 2.45) is 0 Å². The summed E-state index contributed by atoms with van der Waals surface area (Å²) in [6.07, 6.45) is 2.53. The maximum absolute atomic E-state index is 12.6. The SMILES string of the molecule is O=C(Nc1cccc(N2CCCCC2=O)c1)c1ccc2ccccc2n1. The highest BCUT2D eigenvalue weighted by Gasteiger charge is 2.20. The number of hydrogen-bond acceptors (Lipinski definition) is 3. The van der Waals surface area contributed by atoms with E-state index in [0.717, 1.165) is 36.0 Å². The molecule has 130 valence electrons. The van der Waals surface area contributed by atoms with Crippen molar-refractivity contribution in [1.82, 2.24) is 4.98 Å². The van der Waals surface area contributed by atoms with E-state index in [9.17, 15) is 9.59 Å². The number of rotatable bonds is 3. The molecule has 2 amide bonds. The molecule has 0 unspecified atom stereocenters. The molecule has 1 N–H and O–H groups in total. The topological polar surface area (TPSA) is 62.3 Å². The lowest BCUT2D eigenvalue weighted by Gasteiger charge is -2.27. The van der Waals surface area contributed by atoms with Gasteiger partial charge in [0.15, 0.2) is 0 Å². The van der Waals surface area contributed by atoms with Crippen molar-refractivity contribution >= 4 is 34.1 Å². The molecule has 5 nitrogen and oxygen atoms in total. The van der Waals surface area contributed by atoms with Gasteiger partial charge in [-0.2, -0.15) is 0 Å². The third kappa shape index (κ3) is 3.28. The van der Waals surface area contributed by atoms with Gasteiger partial charge in [-0.3, -0.25) is 9.59 Å². The Balaban J connectivity index is 1.55. The second-order valence-electron chi connectivity index (χ2n) is 6.40. The fourth-order valence-electron chi connectivity index (χ4n) is 3.22. The van der Waals surface area contributed by atoms with Crippen LogP contribution in [0.3, 0.4) is 0 Å². The summed E-state index contributed by atoms with van der Waals surface area (Å²) in [5, 5.41) is 3.87. The number of piperidine rings is 1. The van der Waals surface area contributed by atoms with Crippen LogP contribution in [0.2, 0.25) is 0 Å². The summed E-state index contributed by atoms with van der Waals surface area (Å²) in [7, 11) is 0. The van der Waals surface area contributed by atoms with E-state index in [4.69, 9.17) is 0 Å². The van der Waals surface area contributed by atoms with Crippen LogP contribution >= 0.6 is 0 Å². The highest BCUT2D eigenvalue weighted by atomic mass is 16.2. The zero-order chi connectivity index (χ0) is 17.9. The molecule has 1 aliphatic heterocycles. The molecule has 0 atom stereocenters. The summed E-state index contributed by atoms with van der Waals surface area (Å²) in [4.78, 5) is 30.9. The van der Waals surface area contributed by atoms with E-state index in [0.29, 0.717) is 17.8 Å². The average Bonchev–Trinajstić information content (AvgIpc) is 2.68. The summed E-state index contributed by atoms with van der Waals surface area (Å²) >= 11 is 0. The van der Waals surface area contributed by atoms with Crippen LogP contribution in [0.25, 0.3) is 10.9 Å². The van der Waals surface area contributed by atoms with E-state index in [1.54, 1.807) is 11.0 Å². The number of nitrogens with zero attached hydrogens (tertiary/aromatic N) is 2. The summed E-state index contributed by atoms with van der Waals surface area (Å²) < 4.78 is 0. The number of fused-ring (bicyclic) bond motifs is 1. The Labute approximate surface area is 151 Å². The fraction of sp³-hybridized carbons (Fsp3) is 0.190. The first-order valence-electron chi connectivity index (χ1n) is 8.78. The second kappa shape index (κ2) is 6.96. The molecule has 1 aromatic heterocycles. The van der Waals surface area contributed by atoms with Gasteiger partial charge in [0, 0.05) is 29.7 Å². The van der Waals surface area contributed by atoms with Crippen LogP contribution in [-0.4, -0.2) is 23.3 Å². The molecule has 0 aliphatic carbocycles. The molecule has 0 saturated carbocycles. The molecule has 3 aromatic rings. The molecule has 1 fully saturated rings. The number of anilines is 2. The second-order valence-corrected chi connectivity index (χ2v) is 6.40. The Morgan fingerprint density at radius 2 is 1.88 bits per heavy atom. The quantitative estimate of drug-likeness (QED) is 0.780. The number of carbonyl (C=O) groups excluding carboxylic acids is 2. The van der Waals surface area contributed by atoms with Crippen molar-refractivity contribution in [1.29, 1.82) is 0 Å². The Kier molecular flexibility index (Phi) is 4.35. The molecule has 1 aliphatic rings. The Morgan fingerprint density at radius 1 is 1.00 bits per heavy atom. The minimum absolute atomic E-state index is 0.135. The minimum Gasteiger partial charge on any atom is -0.321 e. The molecule has 0 radical (unpaired) electrons. The maximum Gasteiger partial charge on any atom is 0.274 e. The average molecular weight is 345 g/mol. The lowest BCUT2D eigenvalue weighted by atomic mass is 10.1. The van der Waals surface area contributed by atoms with E-state index < -0.39 is 0 Å². The van der Waals surface area contributed by atoms with Crippen LogP contribution < -0.4 is 10.2 Å². The van der Waals surface area contributed by atoms with Gasteiger partial charge in [-0.1, -0.05) is 30.3 Å². The van der Waals surface area contributed by atoms with Crippen LogP contribution in [0.5, 0.6) is 0 Å². The maximum atomic E-state index is 12.6. The number of nitrogens with one attached hydrogen (secondary N) is 1. The summed E-state index contributed by atoms with van der Waals surface area (Å²) in [5.41, 5.74) is 2.62. The molecule has 0 bridgehead atoms. The summed E-state index contributed by atoms with van der Waals surface area (Å²) in [6.45, 7) is 0.725. The first-order chi connectivity index (χ1) is 12.7. The number of amides is 2. The highest BCUT2D eigenvalue weighted by molar-refractivity contribution is 6.04. The lowest BCUT2D eigenvalue weighted by Crippen LogP contribution is -2.35. The summed E-state index contributed by atoms with van der Waals surface area (Å²) in [6, 6.07) is 18.7. The number of benzene rings is 2. The molecular formula is C21H19N3O2. The Bertz CT molecular complexity index is 984. The third-order valence-corrected chi connectivity index (χ3v) is 4.57. The predicted molar refractivity (Wildman–Crippen MR) is 102 cm³/mol. The van der Waals surface area contributed by atoms with Crippen molar-refractivity contribution in [2.75, 3.05) is 16.8 Å². The van der Waals surface area contributed by atoms with Gasteiger partial charge in [-0.25, -0.2) is 4.98 Å². The van der Waals surface area contributed by atoms with Crippen LogP contribution in [0, 0.1) is 0 Å². The standard InChI is InChI=1S/C21H19N3O2/c25-20-10-3-4-13-24(20)17-8-5-7-16(14-17)22-21(26)19-12-11-15-6-1-2-9-18(15)23-19/h1-2,5-9,11-12,14H,3-4,10,13H2,(H,22,26). The number of aromatic nitrogens is 1. The lowest BCUT2D eigenvalue weighted by molar-refractivity contribution is -0.119. The van der Waals surface area contributed by atoms with Crippen molar-refractivity contribution in [3.8, 4) is 0 Å². The molecule has 1 saturated heterocycles. The van der Waals surface area contributed by atoms with Crippen LogP contribution in [0.4, 0.5) is 11.4 Å². The van der Waals surface area contributed by atoms with Crippen molar-refractivity contribution in [2.45, 2.75) is 19.3 Å². The van der Waals surface area contributed by atoms with E-state index in [1.807, 2.05) is 54.6 Å². The zero-order valence-corrected chi connectivity index (χ0v) is 14.3. The van der Waals surface area contributed by atoms with E-state index in [1.165, 1.54) is 0 Å². The fourth-order valence-corrected chi connectivity index (χ4v) is 3.22. The van der Waals surface area contributed by atoms with Gasteiger partial charge in [0.05, 0.1) is 5.52 Å². The monoisotopic (exact) mass is 345 g/mol. The largest absolute Gasteiger partial charge is 0.321 e. The number of para-hydroxylation sites is 1. The van der Waals surface area contributed by atoms with Crippen molar-refractivity contribution < 1.29 is 9.59 Å². The summed E-state index contributed by atoms with van der Waals surface area (Å²) in [5.74, 6) is -0.131. The third-order valence-electron chi connectivity index (χ3n) is 4.57. The number of pyridine rings is 1. The molecular weight excluding hydrogens is 326 g/mol. The molecule has 4 rings (SSSR count). The van der Waals surface area contributed by atoms with E-state index in [-0.39, 0.29) is 11.8 Å². The highest BCUT2D eigenvalue weighted by Crippen LogP contribution is 2.24. The Hall–Kier alpha value is -3.21. The molecule has 2 aromatic carbocycles.